The van der Waals surface area contributed by atoms with E-state index in [4.69, 9.17) is 40.5 Å². The molecule has 356 valence electrons. The van der Waals surface area contributed by atoms with Crippen molar-refractivity contribution < 1.29 is 38.1 Å². The largest absolute Gasteiger partial charge is 0.453 e. The number of carbonyl (C=O) groups is 4. The second kappa shape index (κ2) is 19.5. The van der Waals surface area contributed by atoms with E-state index in [0.29, 0.717) is 75.2 Å². The van der Waals surface area contributed by atoms with Crippen LogP contribution in [0.25, 0.3) is 44.2 Å². The van der Waals surface area contributed by atoms with Gasteiger partial charge in [0.25, 0.3) is 0 Å². The first-order chi connectivity index (χ1) is 32.3. The molecule has 0 bridgehead atoms. The van der Waals surface area contributed by atoms with Gasteiger partial charge in [-0.15, -0.1) is 0 Å². The van der Waals surface area contributed by atoms with E-state index in [1.54, 1.807) is 0 Å². The van der Waals surface area contributed by atoms with Crippen LogP contribution in [0.4, 0.5) is 9.59 Å². The van der Waals surface area contributed by atoms with E-state index in [1.807, 2.05) is 28.9 Å². The molecule has 0 unspecified atom stereocenters. The van der Waals surface area contributed by atoms with Crippen molar-refractivity contribution in [1.29, 1.82) is 0 Å². The fourth-order valence-electron chi connectivity index (χ4n) is 10.9. The average Bonchev–Trinajstić information content (AvgIpc) is 4.11. The Kier molecular flexibility index (Phi) is 13.5. The summed E-state index contributed by atoms with van der Waals surface area (Å²) in [5.74, 6) is 1.29. The maximum absolute atomic E-state index is 14.5. The van der Waals surface area contributed by atoms with Crippen LogP contribution in [0.15, 0.2) is 54.6 Å². The molecule has 8 atom stereocenters. The minimum Gasteiger partial charge on any atom is -0.453 e. The van der Waals surface area contributed by atoms with Gasteiger partial charge in [0.15, 0.2) is 5.15 Å². The van der Waals surface area contributed by atoms with Crippen molar-refractivity contribution in [2.24, 2.45) is 23.7 Å². The Labute approximate surface area is 395 Å². The first-order valence-electron chi connectivity index (χ1n) is 23.6. The smallest absolute Gasteiger partial charge is 0.407 e. The number of aromatic amines is 2. The van der Waals surface area contributed by atoms with Gasteiger partial charge in [0.05, 0.1) is 43.0 Å². The number of aromatic nitrogens is 4. The Bertz CT molecular complexity index is 2640. The number of H-pyrrole nitrogens is 2. The molecule has 9 rings (SSSR count). The van der Waals surface area contributed by atoms with Crippen LogP contribution in [0.3, 0.4) is 0 Å². The molecule has 4 fully saturated rings. The number of nitrogens with one attached hydrogen (secondary N) is 4. The Morgan fingerprint density at radius 2 is 1.12 bits per heavy atom. The topological polar surface area (TPSA) is 193 Å². The van der Waals surface area contributed by atoms with Gasteiger partial charge in [-0.2, -0.15) is 0 Å². The number of rotatable bonds is 10. The molecule has 4 aliphatic heterocycles. The van der Waals surface area contributed by atoms with Gasteiger partial charge in [-0.1, -0.05) is 55.8 Å². The highest BCUT2D eigenvalue weighted by molar-refractivity contribution is 6.32. The molecule has 3 aromatic carbocycles. The van der Waals surface area contributed by atoms with Crippen LogP contribution in [0.1, 0.15) is 90.0 Å². The van der Waals surface area contributed by atoms with Crippen molar-refractivity contribution in [1.82, 2.24) is 40.4 Å². The Morgan fingerprint density at radius 3 is 1.64 bits per heavy atom. The van der Waals surface area contributed by atoms with E-state index in [1.165, 1.54) is 14.2 Å². The number of imidazole rings is 2. The molecule has 0 saturated carbocycles. The van der Waals surface area contributed by atoms with Crippen LogP contribution in [0.2, 0.25) is 5.15 Å². The number of hydrogen-bond donors (Lipinski definition) is 4. The van der Waals surface area contributed by atoms with Crippen LogP contribution < -0.4 is 10.6 Å². The zero-order valence-electron chi connectivity index (χ0n) is 39.0. The van der Waals surface area contributed by atoms with Crippen molar-refractivity contribution in [2.75, 3.05) is 40.6 Å². The zero-order valence-corrected chi connectivity index (χ0v) is 39.7. The monoisotopic (exact) mass is 936 g/mol. The number of likely N-dealkylation sites (tertiary alicyclic amines) is 2. The third-order valence-electron chi connectivity index (χ3n) is 15.1. The third-order valence-corrected chi connectivity index (χ3v) is 15.4. The molecule has 0 aliphatic carbocycles. The highest BCUT2D eigenvalue weighted by Crippen LogP contribution is 2.43. The summed E-state index contributed by atoms with van der Waals surface area (Å²) in [5.41, 5.74) is 5.25. The molecule has 67 heavy (non-hydrogen) atoms. The fraction of sp³-hybridized carbons (Fsp3) is 0.520. The van der Waals surface area contributed by atoms with E-state index in [0.717, 1.165) is 50.7 Å². The van der Waals surface area contributed by atoms with Crippen molar-refractivity contribution in [3.05, 3.63) is 71.4 Å². The molecule has 2 aromatic heterocycles. The summed E-state index contributed by atoms with van der Waals surface area (Å²) in [4.78, 5) is 74.5. The minimum atomic E-state index is -0.756. The van der Waals surface area contributed by atoms with Gasteiger partial charge < -0.3 is 49.3 Å². The lowest BCUT2D eigenvalue weighted by Gasteiger charge is -2.36. The number of amides is 4. The van der Waals surface area contributed by atoms with Gasteiger partial charge in [0, 0.05) is 44.1 Å². The number of ether oxygens (including phenoxy) is 4. The lowest BCUT2D eigenvalue weighted by atomic mass is 9.90. The van der Waals surface area contributed by atoms with Crippen molar-refractivity contribution in [2.45, 2.75) is 102 Å². The van der Waals surface area contributed by atoms with Gasteiger partial charge >= 0.3 is 12.2 Å². The predicted octanol–water partition coefficient (Wildman–Crippen LogP) is 8.33. The number of fused-ring (bicyclic) bond motifs is 2. The first-order valence-corrected chi connectivity index (χ1v) is 24.0. The average molecular weight is 938 g/mol. The highest BCUT2D eigenvalue weighted by Gasteiger charge is 2.47. The maximum Gasteiger partial charge on any atom is 0.407 e. The summed E-state index contributed by atoms with van der Waals surface area (Å²) >= 11 is 6.90. The Balaban J connectivity index is 0.945. The number of halogens is 1. The van der Waals surface area contributed by atoms with Crippen molar-refractivity contribution in [3.63, 3.8) is 0 Å². The van der Waals surface area contributed by atoms with E-state index >= 15 is 0 Å². The quantitative estimate of drug-likeness (QED) is 0.106. The standard InChI is InChI=1S/C50H61ClN8O8/c1-26-21-39(58(28(26)3)47(60)42(55-49(62)64-5)30-13-17-66-18-14-30)45-52-37-12-11-35(25-38(37)53-45)33-7-8-34-24-36(10-9-32(34)23-33)41-44(51)57-46(54-41)40-22-27(2)29(4)59(40)48(61)43(56-50(63)65-6)31-15-19-67-20-16-31/h7-12,23-31,39-40,42-43H,13-22H2,1-6H3,(H,52,53)(H,54,57)(H,55,62)(H,56,63)/t26-,27-,28-,29-,39+,40+,42+,43+/m1/s1. The SMILES string of the molecule is COC(=O)N[C@H](C(=O)N1[C@H](C)[C@H](C)C[C@H]1c1nc(Cl)c(-c2ccc3cc(-c4ccc5nc([C@@H]6C[C@@H](C)[C@@H](C)N6C(=O)[C@@H](NC(=O)OC)C6CCOCC6)[nH]c5c4)ccc3c2)[nH]1)C1CCOCC1. The Hall–Kier alpha value is -5.71. The molecule has 4 amide bonds. The molecular weight excluding hydrogens is 876 g/mol. The number of methoxy groups -OCH3 is 2. The molecule has 4 saturated heterocycles. The summed E-state index contributed by atoms with van der Waals surface area (Å²) in [7, 11) is 2.61. The fourth-order valence-corrected chi connectivity index (χ4v) is 11.1. The molecule has 0 radical (unpaired) electrons. The van der Waals surface area contributed by atoms with Gasteiger partial charge in [-0.3, -0.25) is 9.59 Å². The molecule has 4 aliphatic rings. The highest BCUT2D eigenvalue weighted by atomic mass is 35.5. The van der Waals surface area contributed by atoms with Crippen LogP contribution in [0.5, 0.6) is 0 Å². The molecule has 5 aromatic rings. The Morgan fingerprint density at radius 1 is 0.657 bits per heavy atom. The second-order valence-corrected chi connectivity index (χ2v) is 19.3. The zero-order chi connectivity index (χ0) is 47.1. The molecule has 6 heterocycles. The van der Waals surface area contributed by atoms with Crippen LogP contribution >= 0.6 is 11.6 Å². The lowest BCUT2D eigenvalue weighted by Crippen LogP contribution is -2.54. The van der Waals surface area contributed by atoms with Crippen LogP contribution in [-0.2, 0) is 28.5 Å². The third kappa shape index (κ3) is 9.19. The maximum atomic E-state index is 14.5. The van der Waals surface area contributed by atoms with Gasteiger partial charge in [-0.05, 0) is 122 Å². The van der Waals surface area contributed by atoms with Gasteiger partial charge in [-0.25, -0.2) is 19.6 Å². The molecule has 0 spiro atoms. The number of benzene rings is 3. The normalized spacial score (nSPS) is 24.8. The summed E-state index contributed by atoms with van der Waals surface area (Å²) < 4.78 is 21.0. The number of hydrogen-bond acceptors (Lipinski definition) is 10. The summed E-state index contributed by atoms with van der Waals surface area (Å²) in [6.07, 6.45) is 2.82. The molecular formula is C50H61ClN8O8. The minimum absolute atomic E-state index is 0.0625. The van der Waals surface area contributed by atoms with E-state index in [2.05, 4.69) is 83.8 Å². The predicted molar refractivity (Wildman–Crippen MR) is 253 cm³/mol. The van der Waals surface area contributed by atoms with Gasteiger partial charge in [0.2, 0.25) is 11.8 Å². The number of alkyl carbamates (subject to hydrolysis) is 2. The first kappa shape index (κ1) is 46.4. The summed E-state index contributed by atoms with van der Waals surface area (Å²) in [6.45, 7) is 10.5. The number of carbonyl (C=O) groups excluding carboxylic acids is 4. The molecule has 4 N–H and O–H groups in total. The second-order valence-electron chi connectivity index (χ2n) is 19.0. The molecule has 16 nitrogen and oxygen atoms in total. The van der Waals surface area contributed by atoms with Crippen molar-refractivity contribution in [3.8, 4) is 22.4 Å². The molecule has 17 heteroatoms. The summed E-state index contributed by atoms with van der Waals surface area (Å²) in [6, 6.07) is 16.4. The van der Waals surface area contributed by atoms with Crippen molar-refractivity contribution >= 4 is 57.4 Å². The van der Waals surface area contributed by atoms with E-state index in [-0.39, 0.29) is 59.7 Å². The summed E-state index contributed by atoms with van der Waals surface area (Å²) in [5, 5.41) is 8.07. The van der Waals surface area contributed by atoms with Crippen LogP contribution in [-0.4, -0.2) is 119 Å². The van der Waals surface area contributed by atoms with Crippen LogP contribution in [0, 0.1) is 23.7 Å². The lowest BCUT2D eigenvalue weighted by molar-refractivity contribution is -0.139. The van der Waals surface area contributed by atoms with E-state index in [9.17, 15) is 19.2 Å². The van der Waals surface area contributed by atoms with E-state index < -0.39 is 24.3 Å². The number of nitrogens with zero attached hydrogens (tertiary/aromatic N) is 4. The van der Waals surface area contributed by atoms with Gasteiger partial charge in [0.1, 0.15) is 23.7 Å².